The minimum atomic E-state index is -0.733. The first-order chi connectivity index (χ1) is 13.5. The summed E-state index contributed by atoms with van der Waals surface area (Å²) in [6, 6.07) is 15.5. The Hall–Kier alpha value is -3.30. The smallest absolute Gasteiger partial charge is 0.261 e. The molecule has 1 heterocycles. The minimum absolute atomic E-state index is 0.285. The van der Waals surface area contributed by atoms with Gasteiger partial charge in [-0.25, -0.2) is 4.98 Å². The van der Waals surface area contributed by atoms with E-state index in [4.69, 9.17) is 21.6 Å². The van der Waals surface area contributed by atoms with Crippen molar-refractivity contribution in [3.8, 4) is 11.8 Å². The Bertz CT molecular complexity index is 990. The monoisotopic (exact) mass is 394 g/mol. The van der Waals surface area contributed by atoms with E-state index in [0.29, 0.717) is 22.2 Å². The highest BCUT2D eigenvalue weighted by Crippen LogP contribution is 2.23. The van der Waals surface area contributed by atoms with Gasteiger partial charge in [-0.2, -0.15) is 5.26 Å². The SMILES string of the molecule is CC(Oc1ccc(C#N)cc1)C(=O)NC(c1ccc(Cl)cc1)c1nccn1C. The van der Waals surface area contributed by atoms with Gasteiger partial charge in [0.05, 0.1) is 11.6 Å². The molecule has 3 aromatic rings. The molecule has 2 aromatic carbocycles. The number of rotatable bonds is 6. The molecular formula is C21H19ClN4O2. The first-order valence-corrected chi connectivity index (χ1v) is 9.05. The maximum absolute atomic E-state index is 12.8. The number of nitrogens with zero attached hydrogens (tertiary/aromatic N) is 3. The van der Waals surface area contributed by atoms with Crippen LogP contribution in [0.3, 0.4) is 0 Å². The third-order valence-electron chi connectivity index (χ3n) is 4.27. The molecule has 0 saturated heterocycles. The van der Waals surface area contributed by atoms with Gasteiger partial charge < -0.3 is 14.6 Å². The Balaban J connectivity index is 1.77. The second-order valence-corrected chi connectivity index (χ2v) is 6.72. The molecule has 6 nitrogen and oxygen atoms in total. The summed E-state index contributed by atoms with van der Waals surface area (Å²) in [5.41, 5.74) is 1.39. The van der Waals surface area contributed by atoms with E-state index in [9.17, 15) is 4.79 Å². The molecule has 3 rings (SSSR count). The zero-order valence-corrected chi connectivity index (χ0v) is 16.2. The van der Waals surface area contributed by atoms with Crippen LogP contribution in [0.15, 0.2) is 60.9 Å². The Morgan fingerprint density at radius 3 is 2.46 bits per heavy atom. The number of aromatic nitrogens is 2. The lowest BCUT2D eigenvalue weighted by atomic mass is 10.1. The van der Waals surface area contributed by atoms with Crippen LogP contribution in [0.4, 0.5) is 0 Å². The summed E-state index contributed by atoms with van der Waals surface area (Å²) in [5, 5.41) is 12.5. The highest BCUT2D eigenvalue weighted by Gasteiger charge is 2.24. The van der Waals surface area contributed by atoms with Crippen molar-refractivity contribution in [3.05, 3.63) is 82.9 Å². The first-order valence-electron chi connectivity index (χ1n) is 8.68. The quantitative estimate of drug-likeness (QED) is 0.692. The molecule has 0 spiro atoms. The van der Waals surface area contributed by atoms with Gasteiger partial charge in [0.1, 0.15) is 17.6 Å². The number of nitriles is 1. The number of hydrogen-bond acceptors (Lipinski definition) is 4. The van der Waals surface area contributed by atoms with Gasteiger partial charge in [0.25, 0.3) is 5.91 Å². The zero-order valence-electron chi connectivity index (χ0n) is 15.5. The van der Waals surface area contributed by atoms with Crippen molar-refractivity contribution in [2.75, 3.05) is 0 Å². The Morgan fingerprint density at radius 1 is 1.21 bits per heavy atom. The fraction of sp³-hybridized carbons (Fsp3) is 0.190. The maximum atomic E-state index is 12.8. The summed E-state index contributed by atoms with van der Waals surface area (Å²) in [5.74, 6) is 0.926. The summed E-state index contributed by atoms with van der Waals surface area (Å²) < 4.78 is 7.56. The van der Waals surface area contributed by atoms with E-state index in [-0.39, 0.29) is 5.91 Å². The molecule has 0 fully saturated rings. The Kier molecular flexibility index (Phi) is 5.97. The van der Waals surface area contributed by atoms with E-state index in [2.05, 4.69) is 10.3 Å². The summed E-state index contributed by atoms with van der Waals surface area (Å²) in [7, 11) is 1.87. The summed E-state index contributed by atoms with van der Waals surface area (Å²) in [6.45, 7) is 1.67. The largest absolute Gasteiger partial charge is 0.481 e. The van der Waals surface area contributed by atoms with Crippen molar-refractivity contribution < 1.29 is 9.53 Å². The van der Waals surface area contributed by atoms with Crippen LogP contribution < -0.4 is 10.1 Å². The molecule has 1 amide bonds. The highest BCUT2D eigenvalue weighted by molar-refractivity contribution is 6.30. The summed E-state index contributed by atoms with van der Waals surface area (Å²) in [4.78, 5) is 17.2. The van der Waals surface area contributed by atoms with E-state index in [1.807, 2.05) is 36.0 Å². The molecule has 142 valence electrons. The first kappa shape index (κ1) is 19.5. The number of imidazole rings is 1. The molecule has 1 N–H and O–H groups in total. The number of halogens is 1. The van der Waals surface area contributed by atoms with Crippen LogP contribution in [-0.2, 0) is 11.8 Å². The van der Waals surface area contributed by atoms with Crippen LogP contribution in [0.5, 0.6) is 5.75 Å². The molecule has 0 aliphatic rings. The molecule has 2 unspecified atom stereocenters. The molecule has 0 aliphatic heterocycles. The second kappa shape index (κ2) is 8.59. The minimum Gasteiger partial charge on any atom is -0.481 e. The molecule has 28 heavy (non-hydrogen) atoms. The summed E-state index contributed by atoms with van der Waals surface area (Å²) in [6.07, 6.45) is 2.77. The average molecular weight is 395 g/mol. The van der Waals surface area contributed by atoms with Crippen LogP contribution in [0.2, 0.25) is 5.02 Å². The van der Waals surface area contributed by atoms with Gasteiger partial charge in [-0.15, -0.1) is 0 Å². The molecule has 2 atom stereocenters. The lowest BCUT2D eigenvalue weighted by Crippen LogP contribution is -2.39. The fourth-order valence-corrected chi connectivity index (χ4v) is 2.86. The molecule has 1 aromatic heterocycles. The van der Waals surface area contributed by atoms with Crippen molar-refractivity contribution in [2.24, 2.45) is 7.05 Å². The molecule has 7 heteroatoms. The number of benzene rings is 2. The van der Waals surface area contributed by atoms with Crippen LogP contribution in [0.25, 0.3) is 0 Å². The number of carbonyl (C=O) groups is 1. The topological polar surface area (TPSA) is 79.9 Å². The van der Waals surface area contributed by atoms with E-state index < -0.39 is 12.1 Å². The van der Waals surface area contributed by atoms with Crippen LogP contribution >= 0.6 is 11.6 Å². The van der Waals surface area contributed by atoms with Gasteiger partial charge in [0, 0.05) is 24.5 Å². The van der Waals surface area contributed by atoms with Gasteiger partial charge in [-0.3, -0.25) is 4.79 Å². The highest BCUT2D eigenvalue weighted by atomic mass is 35.5. The van der Waals surface area contributed by atoms with Gasteiger partial charge in [0.15, 0.2) is 6.10 Å². The predicted octanol–water partition coefficient (Wildman–Crippen LogP) is 3.62. The molecule has 0 aliphatic carbocycles. The zero-order chi connectivity index (χ0) is 20.1. The fourth-order valence-electron chi connectivity index (χ4n) is 2.73. The third kappa shape index (κ3) is 4.51. The van der Waals surface area contributed by atoms with E-state index in [0.717, 1.165) is 5.56 Å². The van der Waals surface area contributed by atoms with Crippen molar-refractivity contribution >= 4 is 17.5 Å². The molecule has 0 saturated carbocycles. The van der Waals surface area contributed by atoms with Gasteiger partial charge in [0.2, 0.25) is 0 Å². The van der Waals surface area contributed by atoms with Crippen molar-refractivity contribution in [2.45, 2.75) is 19.1 Å². The van der Waals surface area contributed by atoms with Crippen molar-refractivity contribution in [1.29, 1.82) is 5.26 Å². The van der Waals surface area contributed by atoms with Crippen LogP contribution in [0.1, 0.15) is 29.9 Å². The predicted molar refractivity (Wildman–Crippen MR) is 106 cm³/mol. The van der Waals surface area contributed by atoms with Crippen LogP contribution in [0, 0.1) is 11.3 Å². The lowest BCUT2D eigenvalue weighted by Gasteiger charge is -2.22. The van der Waals surface area contributed by atoms with E-state index >= 15 is 0 Å². The van der Waals surface area contributed by atoms with Crippen molar-refractivity contribution in [3.63, 3.8) is 0 Å². The Morgan fingerprint density at radius 2 is 1.89 bits per heavy atom. The standard InChI is InChI=1S/C21H19ClN4O2/c1-14(28-18-9-3-15(13-23)4-10-18)21(27)25-19(20-24-11-12-26(20)2)16-5-7-17(22)8-6-16/h3-12,14,19H,1-2H3,(H,25,27). The molecule has 0 radical (unpaired) electrons. The van der Waals surface area contributed by atoms with Gasteiger partial charge in [-0.1, -0.05) is 23.7 Å². The molecule has 0 bridgehead atoms. The molecular weight excluding hydrogens is 376 g/mol. The van der Waals surface area contributed by atoms with Crippen molar-refractivity contribution in [1.82, 2.24) is 14.9 Å². The number of amides is 1. The number of carbonyl (C=O) groups excluding carboxylic acids is 1. The summed E-state index contributed by atoms with van der Waals surface area (Å²) >= 11 is 5.99. The third-order valence-corrected chi connectivity index (χ3v) is 4.52. The van der Waals surface area contributed by atoms with Crippen LogP contribution in [-0.4, -0.2) is 21.6 Å². The number of nitrogens with one attached hydrogen (secondary N) is 1. The second-order valence-electron chi connectivity index (χ2n) is 6.29. The number of aryl methyl sites for hydroxylation is 1. The number of hydrogen-bond donors (Lipinski definition) is 1. The van der Waals surface area contributed by atoms with Gasteiger partial charge in [-0.05, 0) is 48.9 Å². The van der Waals surface area contributed by atoms with E-state index in [1.54, 1.807) is 49.5 Å². The average Bonchev–Trinajstić information content (AvgIpc) is 3.13. The number of ether oxygens (including phenoxy) is 1. The van der Waals surface area contributed by atoms with Gasteiger partial charge >= 0.3 is 0 Å². The lowest BCUT2D eigenvalue weighted by molar-refractivity contribution is -0.127. The van der Waals surface area contributed by atoms with E-state index in [1.165, 1.54) is 0 Å². The maximum Gasteiger partial charge on any atom is 0.261 e. The normalized spacial score (nSPS) is 12.6. The Labute approximate surface area is 168 Å².